The van der Waals surface area contributed by atoms with Gasteiger partial charge >= 0.3 is 10.8 Å². The summed E-state index contributed by atoms with van der Waals surface area (Å²) in [7, 11) is -3.92. The van der Waals surface area contributed by atoms with Crippen LogP contribution in [0, 0.1) is 0 Å². The van der Waals surface area contributed by atoms with Crippen molar-refractivity contribution in [3.63, 3.8) is 0 Å². The van der Waals surface area contributed by atoms with E-state index in [-0.39, 0.29) is 38.7 Å². The summed E-state index contributed by atoms with van der Waals surface area (Å²) in [5.74, 6) is -0.582. The third kappa shape index (κ3) is 4.31. The number of carbonyl (C=O) groups excluding carboxylic acids is 1. The van der Waals surface area contributed by atoms with E-state index in [2.05, 4.69) is 4.72 Å². The number of aromatic nitrogens is 1. The van der Waals surface area contributed by atoms with Crippen LogP contribution >= 0.6 is 22.9 Å². The van der Waals surface area contributed by atoms with Crippen molar-refractivity contribution < 1.29 is 17.9 Å². The molecule has 7 nitrogen and oxygen atoms in total. The second-order valence-electron chi connectivity index (χ2n) is 6.48. The molecule has 3 aromatic rings. The van der Waals surface area contributed by atoms with Gasteiger partial charge in [-0.05, 0) is 57.2 Å². The van der Waals surface area contributed by atoms with Gasteiger partial charge in [0.1, 0.15) is 0 Å². The van der Waals surface area contributed by atoms with Gasteiger partial charge < -0.3 is 4.74 Å². The lowest BCUT2D eigenvalue weighted by Crippen LogP contribution is -2.15. The zero-order chi connectivity index (χ0) is 21.3. The molecule has 0 fully saturated rings. The van der Waals surface area contributed by atoms with E-state index in [9.17, 15) is 18.0 Å². The third-order valence-electron chi connectivity index (χ3n) is 4.13. The minimum atomic E-state index is -3.92. The highest BCUT2D eigenvalue weighted by atomic mass is 35.5. The standard InChI is InChI=1S/C19H19ClN2O5S2/c1-4-27-18(23)14-7-5-12(9-15(14)20)21-29(25,26)13-6-8-16-17(10-13)28-19(24)22(16)11(2)3/h5-11,21H,4H2,1-3H3. The lowest BCUT2D eigenvalue weighted by atomic mass is 10.2. The second-order valence-corrected chi connectivity index (χ2v) is 9.56. The molecule has 1 aromatic heterocycles. The molecule has 0 aliphatic heterocycles. The molecule has 0 amide bonds. The fraction of sp³-hybridized carbons (Fsp3) is 0.263. The van der Waals surface area contributed by atoms with Crippen LogP contribution in [0.15, 0.2) is 46.1 Å². The Labute approximate surface area is 176 Å². The Hall–Kier alpha value is -2.36. The minimum Gasteiger partial charge on any atom is -0.462 e. The van der Waals surface area contributed by atoms with Gasteiger partial charge in [-0.2, -0.15) is 0 Å². The van der Waals surface area contributed by atoms with Crippen LogP contribution in [-0.4, -0.2) is 25.6 Å². The van der Waals surface area contributed by atoms with Crippen molar-refractivity contribution in [3.05, 3.63) is 56.7 Å². The highest BCUT2D eigenvalue weighted by Gasteiger charge is 2.19. The number of nitrogens with zero attached hydrogens (tertiary/aromatic N) is 1. The summed E-state index contributed by atoms with van der Waals surface area (Å²) < 4.78 is 35.1. The molecule has 0 saturated carbocycles. The third-order valence-corrected chi connectivity index (χ3v) is 6.74. The van der Waals surface area contributed by atoms with Crippen LogP contribution in [0.2, 0.25) is 5.02 Å². The lowest BCUT2D eigenvalue weighted by Gasteiger charge is -2.11. The Morgan fingerprint density at radius 1 is 1.24 bits per heavy atom. The Morgan fingerprint density at radius 3 is 2.59 bits per heavy atom. The molecule has 3 rings (SSSR count). The molecule has 29 heavy (non-hydrogen) atoms. The Balaban J connectivity index is 1.93. The van der Waals surface area contributed by atoms with Crippen molar-refractivity contribution in [2.24, 2.45) is 0 Å². The van der Waals surface area contributed by atoms with E-state index in [1.807, 2.05) is 13.8 Å². The molecule has 0 bridgehead atoms. The van der Waals surface area contributed by atoms with Crippen LogP contribution in [0.1, 0.15) is 37.2 Å². The van der Waals surface area contributed by atoms with Gasteiger partial charge in [-0.25, -0.2) is 13.2 Å². The van der Waals surface area contributed by atoms with Gasteiger partial charge in [0.2, 0.25) is 0 Å². The first-order valence-corrected chi connectivity index (χ1v) is 11.5. The van der Waals surface area contributed by atoms with Crippen molar-refractivity contribution in [3.8, 4) is 0 Å². The van der Waals surface area contributed by atoms with Gasteiger partial charge in [0, 0.05) is 6.04 Å². The largest absolute Gasteiger partial charge is 0.462 e. The smallest absolute Gasteiger partial charge is 0.339 e. The maximum Gasteiger partial charge on any atom is 0.339 e. The number of halogens is 1. The summed E-state index contributed by atoms with van der Waals surface area (Å²) in [6.07, 6.45) is 0. The second kappa shape index (κ2) is 8.17. The average Bonchev–Trinajstić information content (AvgIpc) is 2.96. The van der Waals surface area contributed by atoms with Crippen molar-refractivity contribution in [1.82, 2.24) is 4.57 Å². The molecule has 154 valence electrons. The number of fused-ring (bicyclic) bond motifs is 1. The number of sulfonamides is 1. The van der Waals surface area contributed by atoms with Gasteiger partial charge in [-0.3, -0.25) is 14.1 Å². The van der Waals surface area contributed by atoms with E-state index in [0.29, 0.717) is 10.2 Å². The number of benzene rings is 2. The molecule has 0 spiro atoms. The fourth-order valence-corrected chi connectivity index (χ4v) is 5.30. The lowest BCUT2D eigenvalue weighted by molar-refractivity contribution is 0.0526. The Bertz CT molecular complexity index is 1250. The number of rotatable bonds is 6. The Kier molecular flexibility index (Phi) is 6.02. The van der Waals surface area contributed by atoms with Gasteiger partial charge in [0.25, 0.3) is 10.0 Å². The van der Waals surface area contributed by atoms with E-state index in [1.165, 1.54) is 30.3 Å². The summed E-state index contributed by atoms with van der Waals surface area (Å²) in [5, 5.41) is 0.0753. The molecular weight excluding hydrogens is 436 g/mol. The average molecular weight is 455 g/mol. The topological polar surface area (TPSA) is 94.5 Å². The first-order chi connectivity index (χ1) is 13.6. The first-order valence-electron chi connectivity index (χ1n) is 8.78. The summed E-state index contributed by atoms with van der Waals surface area (Å²) in [6.45, 7) is 5.67. The molecule has 0 aliphatic carbocycles. The van der Waals surface area contributed by atoms with E-state index in [0.717, 1.165) is 11.3 Å². The summed E-state index contributed by atoms with van der Waals surface area (Å²) in [6, 6.07) is 8.69. The number of anilines is 1. The number of esters is 1. The molecule has 0 aliphatic rings. The maximum atomic E-state index is 12.8. The van der Waals surface area contributed by atoms with E-state index in [1.54, 1.807) is 17.6 Å². The van der Waals surface area contributed by atoms with Crippen molar-refractivity contribution in [2.45, 2.75) is 31.7 Å². The van der Waals surface area contributed by atoms with Crippen LogP contribution < -0.4 is 9.60 Å². The zero-order valence-electron chi connectivity index (χ0n) is 15.9. The van der Waals surface area contributed by atoms with Gasteiger partial charge in [0.15, 0.2) is 0 Å². The van der Waals surface area contributed by atoms with Gasteiger partial charge in [-0.1, -0.05) is 22.9 Å². The van der Waals surface area contributed by atoms with Crippen LogP contribution in [-0.2, 0) is 14.8 Å². The molecule has 2 aromatic carbocycles. The highest BCUT2D eigenvalue weighted by Crippen LogP contribution is 2.27. The molecular formula is C19H19ClN2O5S2. The maximum absolute atomic E-state index is 12.8. The molecule has 1 heterocycles. The van der Waals surface area contributed by atoms with Crippen molar-refractivity contribution in [1.29, 1.82) is 0 Å². The van der Waals surface area contributed by atoms with E-state index >= 15 is 0 Å². The van der Waals surface area contributed by atoms with E-state index < -0.39 is 16.0 Å². The fourth-order valence-electron chi connectivity index (χ4n) is 2.84. The monoisotopic (exact) mass is 454 g/mol. The number of hydrogen-bond acceptors (Lipinski definition) is 6. The first kappa shape index (κ1) is 21.4. The van der Waals surface area contributed by atoms with Crippen LogP contribution in [0.25, 0.3) is 10.2 Å². The Morgan fingerprint density at radius 2 is 1.97 bits per heavy atom. The summed E-state index contributed by atoms with van der Waals surface area (Å²) >= 11 is 7.09. The highest BCUT2D eigenvalue weighted by molar-refractivity contribution is 7.92. The minimum absolute atomic E-state index is 0.0211. The predicted molar refractivity (Wildman–Crippen MR) is 115 cm³/mol. The number of thiazole rings is 1. The van der Waals surface area contributed by atoms with Gasteiger partial charge in [-0.15, -0.1) is 0 Å². The molecule has 0 radical (unpaired) electrons. The van der Waals surface area contributed by atoms with Gasteiger partial charge in [0.05, 0.1) is 38.0 Å². The SMILES string of the molecule is CCOC(=O)c1ccc(NS(=O)(=O)c2ccc3c(c2)sc(=O)n3C(C)C)cc1Cl. The van der Waals surface area contributed by atoms with Crippen molar-refractivity contribution >= 4 is 54.8 Å². The molecule has 1 N–H and O–H groups in total. The van der Waals surface area contributed by atoms with Crippen LogP contribution in [0.3, 0.4) is 0 Å². The molecule has 0 atom stereocenters. The quantitative estimate of drug-likeness (QED) is 0.561. The number of carbonyl (C=O) groups is 1. The van der Waals surface area contributed by atoms with Crippen LogP contribution in [0.5, 0.6) is 0 Å². The van der Waals surface area contributed by atoms with Crippen molar-refractivity contribution in [2.75, 3.05) is 11.3 Å². The molecule has 0 unspecified atom stereocenters. The van der Waals surface area contributed by atoms with E-state index in [4.69, 9.17) is 16.3 Å². The molecule has 0 saturated heterocycles. The number of ether oxygens (including phenoxy) is 1. The predicted octanol–water partition coefficient (Wildman–Crippen LogP) is 4.27. The summed E-state index contributed by atoms with van der Waals surface area (Å²) in [4.78, 5) is 23.9. The normalized spacial score (nSPS) is 11.8. The summed E-state index contributed by atoms with van der Waals surface area (Å²) in [5.41, 5.74) is 1.05. The zero-order valence-corrected chi connectivity index (χ0v) is 18.3. The van der Waals surface area contributed by atoms with Crippen LogP contribution in [0.4, 0.5) is 5.69 Å². The molecule has 10 heteroatoms. The number of hydrogen-bond donors (Lipinski definition) is 1. The number of nitrogens with one attached hydrogen (secondary N) is 1.